The first kappa shape index (κ1) is 14.8. The second-order valence-electron chi connectivity index (χ2n) is 4.24. The summed E-state index contributed by atoms with van der Waals surface area (Å²) in [5.41, 5.74) is 3.62. The van der Waals surface area contributed by atoms with Crippen LogP contribution in [0.2, 0.25) is 0 Å². The van der Waals surface area contributed by atoms with Crippen molar-refractivity contribution in [3.05, 3.63) is 59.4 Å². The molecule has 110 valence electrons. The Bertz CT molecular complexity index is 683. The molecule has 3 N–H and O–H groups in total. The Kier molecular flexibility index (Phi) is 3.84. The molecule has 1 amide bonds. The van der Waals surface area contributed by atoms with Crippen LogP contribution in [0.5, 0.6) is 0 Å². The largest absolute Gasteiger partial charge is 0.418 e. The number of benzene rings is 2. The predicted molar refractivity (Wildman–Crippen MR) is 70.2 cm³/mol. The minimum atomic E-state index is -4.62. The second-order valence-corrected chi connectivity index (χ2v) is 4.24. The molecule has 0 aliphatic carbocycles. The quantitative estimate of drug-likeness (QED) is 0.656. The maximum atomic E-state index is 13.6. The zero-order valence-corrected chi connectivity index (χ0v) is 10.5. The number of nitrogen functional groups attached to an aromatic ring is 1. The van der Waals surface area contributed by atoms with Crippen LogP contribution in [0.25, 0.3) is 0 Å². The first-order valence-corrected chi connectivity index (χ1v) is 5.81. The summed E-state index contributed by atoms with van der Waals surface area (Å²) in [4.78, 5) is 11.9. The van der Waals surface area contributed by atoms with Crippen molar-refractivity contribution < 1.29 is 22.4 Å². The van der Waals surface area contributed by atoms with Crippen LogP contribution >= 0.6 is 0 Å². The molecular formula is C14H10F4N2O. The Morgan fingerprint density at radius 1 is 1.10 bits per heavy atom. The number of alkyl halides is 3. The van der Waals surface area contributed by atoms with Crippen LogP contribution in [0.15, 0.2) is 42.5 Å². The number of carbonyl (C=O) groups excluding carboxylic acids is 1. The first-order valence-electron chi connectivity index (χ1n) is 5.81. The normalized spacial score (nSPS) is 11.2. The van der Waals surface area contributed by atoms with Crippen molar-refractivity contribution in [2.45, 2.75) is 6.18 Å². The number of nitrogens with one attached hydrogen (secondary N) is 1. The lowest BCUT2D eigenvalue weighted by Crippen LogP contribution is -2.17. The van der Waals surface area contributed by atoms with Crippen molar-refractivity contribution in [2.75, 3.05) is 11.1 Å². The van der Waals surface area contributed by atoms with Gasteiger partial charge in [0.2, 0.25) is 0 Å². The van der Waals surface area contributed by atoms with E-state index in [2.05, 4.69) is 5.32 Å². The maximum absolute atomic E-state index is 13.6. The molecule has 0 aliphatic rings. The minimum Gasteiger partial charge on any atom is -0.399 e. The van der Waals surface area contributed by atoms with E-state index in [1.54, 1.807) is 0 Å². The predicted octanol–water partition coefficient (Wildman–Crippen LogP) is 3.68. The topological polar surface area (TPSA) is 55.1 Å². The SMILES string of the molecule is Nc1ccc(C(=O)Nc2ccccc2C(F)(F)F)c(F)c1. The van der Waals surface area contributed by atoms with Gasteiger partial charge in [0.25, 0.3) is 5.91 Å². The van der Waals surface area contributed by atoms with Gasteiger partial charge in [-0.25, -0.2) is 4.39 Å². The van der Waals surface area contributed by atoms with Crippen LogP contribution in [0, 0.1) is 5.82 Å². The van der Waals surface area contributed by atoms with E-state index in [0.29, 0.717) is 0 Å². The Hall–Kier alpha value is -2.57. The fourth-order valence-corrected chi connectivity index (χ4v) is 1.74. The zero-order valence-electron chi connectivity index (χ0n) is 10.5. The van der Waals surface area contributed by atoms with Crippen molar-refractivity contribution in [1.82, 2.24) is 0 Å². The van der Waals surface area contributed by atoms with Crippen LogP contribution in [0.1, 0.15) is 15.9 Å². The molecule has 0 unspecified atom stereocenters. The molecule has 0 aliphatic heterocycles. The molecule has 2 aromatic rings. The molecule has 2 rings (SSSR count). The van der Waals surface area contributed by atoms with Crippen LogP contribution in [-0.2, 0) is 6.18 Å². The van der Waals surface area contributed by atoms with E-state index >= 15 is 0 Å². The average molecular weight is 298 g/mol. The molecule has 0 heterocycles. The van der Waals surface area contributed by atoms with Crippen molar-refractivity contribution in [2.24, 2.45) is 0 Å². The van der Waals surface area contributed by atoms with E-state index in [4.69, 9.17) is 5.73 Å². The molecule has 0 spiro atoms. The van der Waals surface area contributed by atoms with Crippen LogP contribution in [-0.4, -0.2) is 5.91 Å². The summed E-state index contributed by atoms with van der Waals surface area (Å²) in [5, 5.41) is 2.05. The Morgan fingerprint density at radius 3 is 2.38 bits per heavy atom. The van der Waals surface area contributed by atoms with Gasteiger partial charge >= 0.3 is 6.18 Å². The number of amides is 1. The Labute approximate surface area is 117 Å². The van der Waals surface area contributed by atoms with Gasteiger partial charge in [-0.1, -0.05) is 12.1 Å². The highest BCUT2D eigenvalue weighted by atomic mass is 19.4. The van der Waals surface area contributed by atoms with Gasteiger partial charge in [-0.05, 0) is 30.3 Å². The lowest BCUT2D eigenvalue weighted by Gasteiger charge is -2.13. The van der Waals surface area contributed by atoms with Gasteiger partial charge in [0.1, 0.15) is 5.82 Å². The molecular weight excluding hydrogens is 288 g/mol. The number of halogens is 4. The number of anilines is 2. The van der Waals surface area contributed by atoms with Gasteiger partial charge in [0.05, 0.1) is 16.8 Å². The first-order chi connectivity index (χ1) is 9.79. The molecule has 0 bridgehead atoms. The van der Waals surface area contributed by atoms with Crippen molar-refractivity contribution in [1.29, 1.82) is 0 Å². The van der Waals surface area contributed by atoms with E-state index in [1.165, 1.54) is 18.2 Å². The molecule has 0 atom stereocenters. The van der Waals surface area contributed by atoms with E-state index in [1.807, 2.05) is 0 Å². The number of rotatable bonds is 2. The van der Waals surface area contributed by atoms with Crippen LogP contribution < -0.4 is 11.1 Å². The monoisotopic (exact) mass is 298 g/mol. The lowest BCUT2D eigenvalue weighted by atomic mass is 10.1. The number of hydrogen-bond donors (Lipinski definition) is 2. The molecule has 3 nitrogen and oxygen atoms in total. The average Bonchev–Trinajstić information content (AvgIpc) is 2.37. The minimum absolute atomic E-state index is 0.111. The summed E-state index contributed by atoms with van der Waals surface area (Å²) in [6, 6.07) is 7.77. The highest BCUT2D eigenvalue weighted by molar-refractivity contribution is 6.05. The fraction of sp³-hybridized carbons (Fsp3) is 0.0714. The second kappa shape index (κ2) is 5.43. The number of hydrogen-bond acceptors (Lipinski definition) is 2. The standard InChI is InChI=1S/C14H10F4N2O/c15-11-7-8(19)5-6-9(11)13(21)20-12-4-2-1-3-10(12)14(16,17)18/h1-7H,19H2,(H,20,21). The van der Waals surface area contributed by atoms with Gasteiger partial charge in [-0.15, -0.1) is 0 Å². The summed E-state index contributed by atoms with van der Waals surface area (Å²) in [6.45, 7) is 0. The van der Waals surface area contributed by atoms with E-state index in [0.717, 1.165) is 24.3 Å². The number of nitrogens with two attached hydrogens (primary N) is 1. The number of carbonyl (C=O) groups is 1. The van der Waals surface area contributed by atoms with Gasteiger partial charge < -0.3 is 11.1 Å². The van der Waals surface area contributed by atoms with Gasteiger partial charge in [0, 0.05) is 5.69 Å². The van der Waals surface area contributed by atoms with Crippen molar-refractivity contribution >= 4 is 17.3 Å². The Morgan fingerprint density at radius 2 is 1.76 bits per heavy atom. The summed E-state index contributed by atoms with van der Waals surface area (Å²) < 4.78 is 51.9. The van der Waals surface area contributed by atoms with Gasteiger partial charge in [-0.2, -0.15) is 13.2 Å². The van der Waals surface area contributed by atoms with Crippen molar-refractivity contribution in [3.8, 4) is 0 Å². The molecule has 0 fully saturated rings. The van der Waals surface area contributed by atoms with Crippen molar-refractivity contribution in [3.63, 3.8) is 0 Å². The third kappa shape index (κ3) is 3.31. The molecule has 0 aromatic heterocycles. The van der Waals surface area contributed by atoms with Crippen LogP contribution in [0.4, 0.5) is 28.9 Å². The highest BCUT2D eigenvalue weighted by Gasteiger charge is 2.33. The van der Waals surface area contributed by atoms with E-state index in [-0.39, 0.29) is 11.3 Å². The third-order valence-corrected chi connectivity index (χ3v) is 2.72. The molecule has 7 heteroatoms. The molecule has 0 radical (unpaired) electrons. The summed E-state index contributed by atoms with van der Waals surface area (Å²) in [6.07, 6.45) is -4.62. The fourth-order valence-electron chi connectivity index (χ4n) is 1.74. The molecule has 2 aromatic carbocycles. The summed E-state index contributed by atoms with van der Waals surface area (Å²) >= 11 is 0. The van der Waals surface area contributed by atoms with E-state index in [9.17, 15) is 22.4 Å². The third-order valence-electron chi connectivity index (χ3n) is 2.72. The number of para-hydroxylation sites is 1. The van der Waals surface area contributed by atoms with E-state index < -0.39 is 29.2 Å². The summed E-state index contributed by atoms with van der Waals surface area (Å²) in [7, 11) is 0. The van der Waals surface area contributed by atoms with Gasteiger partial charge in [0.15, 0.2) is 0 Å². The molecule has 0 saturated heterocycles. The molecule has 0 saturated carbocycles. The summed E-state index contributed by atoms with van der Waals surface area (Å²) in [5.74, 6) is -1.89. The lowest BCUT2D eigenvalue weighted by molar-refractivity contribution is -0.136. The smallest absolute Gasteiger partial charge is 0.399 e. The van der Waals surface area contributed by atoms with Crippen LogP contribution in [0.3, 0.4) is 0 Å². The molecule has 21 heavy (non-hydrogen) atoms. The Balaban J connectivity index is 2.32. The maximum Gasteiger partial charge on any atom is 0.418 e. The highest BCUT2D eigenvalue weighted by Crippen LogP contribution is 2.34. The zero-order chi connectivity index (χ0) is 15.6. The van der Waals surface area contributed by atoms with Gasteiger partial charge in [-0.3, -0.25) is 4.79 Å².